The van der Waals surface area contributed by atoms with Crippen molar-refractivity contribution < 1.29 is 0 Å². The molecule has 7 heteroatoms. The number of benzene rings is 7. The summed E-state index contributed by atoms with van der Waals surface area (Å²) in [5, 5.41) is 3.37. The van der Waals surface area contributed by atoms with E-state index in [1.54, 1.807) is 22.7 Å². The third kappa shape index (κ3) is 5.56. The molecular formula is C49H29N5S2. The number of aromatic nitrogens is 5. The Morgan fingerprint density at radius 1 is 0.304 bits per heavy atom. The van der Waals surface area contributed by atoms with Crippen molar-refractivity contribution in [3.8, 4) is 67.9 Å². The second kappa shape index (κ2) is 13.4. The Balaban J connectivity index is 1.10. The average molecular weight is 752 g/mol. The maximum atomic E-state index is 5.33. The van der Waals surface area contributed by atoms with Crippen LogP contribution in [-0.2, 0) is 0 Å². The van der Waals surface area contributed by atoms with Gasteiger partial charge >= 0.3 is 0 Å². The van der Waals surface area contributed by atoms with Crippen LogP contribution >= 0.6 is 22.7 Å². The Hall–Kier alpha value is -6.93. The molecule has 0 saturated heterocycles. The summed E-state index contributed by atoms with van der Waals surface area (Å²) in [4.78, 5) is 26.0. The van der Waals surface area contributed by atoms with Crippen LogP contribution in [0.4, 0.5) is 0 Å². The maximum Gasteiger partial charge on any atom is 0.164 e. The fraction of sp³-hybridized carbons (Fsp3) is 0. The minimum absolute atomic E-state index is 0.629. The standard InChI is InChI=1S/C49H29N5S2/c1-4-14-30(15-5-1)31-26-28-34(29-27-31)47-52-46(33-18-8-3-9-19-33)53-48(54-47)37-22-13-25-40-41(37)36-21-12-23-38(44(36)56-40)49-50-42(32-16-6-2-7-17-32)45-43(51-49)35-20-10-11-24-39(35)55-45/h1-29H. The molecule has 0 fully saturated rings. The summed E-state index contributed by atoms with van der Waals surface area (Å²) in [5.41, 5.74) is 9.15. The number of nitrogens with zero attached hydrogens (tertiary/aromatic N) is 5. The van der Waals surface area contributed by atoms with Crippen LogP contribution in [0.25, 0.3) is 108 Å². The highest BCUT2D eigenvalue weighted by Crippen LogP contribution is 2.45. The molecular weight excluding hydrogens is 723 g/mol. The molecule has 4 aromatic heterocycles. The van der Waals surface area contributed by atoms with E-state index >= 15 is 0 Å². The van der Waals surface area contributed by atoms with Crippen LogP contribution in [0.2, 0.25) is 0 Å². The van der Waals surface area contributed by atoms with E-state index in [4.69, 9.17) is 24.9 Å². The highest BCUT2D eigenvalue weighted by molar-refractivity contribution is 7.26. The number of fused-ring (bicyclic) bond motifs is 6. The van der Waals surface area contributed by atoms with E-state index in [2.05, 4.69) is 133 Å². The first-order chi connectivity index (χ1) is 27.7. The second-order valence-corrected chi connectivity index (χ2v) is 15.7. The van der Waals surface area contributed by atoms with Gasteiger partial charge in [-0.1, -0.05) is 158 Å². The van der Waals surface area contributed by atoms with Gasteiger partial charge in [0, 0.05) is 58.1 Å². The third-order valence-corrected chi connectivity index (χ3v) is 12.6. The van der Waals surface area contributed by atoms with Gasteiger partial charge in [0.05, 0.1) is 15.9 Å². The molecule has 0 N–H and O–H groups in total. The van der Waals surface area contributed by atoms with E-state index in [9.17, 15) is 0 Å². The van der Waals surface area contributed by atoms with Gasteiger partial charge in [0.1, 0.15) is 0 Å². The average Bonchev–Trinajstić information content (AvgIpc) is 3.86. The maximum absolute atomic E-state index is 5.33. The van der Waals surface area contributed by atoms with Gasteiger partial charge in [-0.2, -0.15) is 0 Å². The van der Waals surface area contributed by atoms with Crippen molar-refractivity contribution >= 4 is 63.1 Å². The molecule has 0 saturated carbocycles. The van der Waals surface area contributed by atoms with Crippen molar-refractivity contribution in [1.29, 1.82) is 0 Å². The number of rotatable bonds is 6. The lowest BCUT2D eigenvalue weighted by atomic mass is 10.0. The second-order valence-electron chi connectivity index (χ2n) is 13.6. The molecule has 7 aromatic carbocycles. The molecule has 0 bridgehead atoms. The van der Waals surface area contributed by atoms with Crippen LogP contribution < -0.4 is 0 Å². The molecule has 0 aliphatic heterocycles. The Morgan fingerprint density at radius 3 is 1.55 bits per heavy atom. The first-order valence-corrected chi connectivity index (χ1v) is 20.1. The van der Waals surface area contributed by atoms with Crippen molar-refractivity contribution in [3.05, 3.63) is 176 Å². The van der Waals surface area contributed by atoms with Crippen molar-refractivity contribution in [2.24, 2.45) is 0 Å². The van der Waals surface area contributed by atoms with Gasteiger partial charge < -0.3 is 0 Å². The third-order valence-electron chi connectivity index (χ3n) is 10.2. The predicted molar refractivity (Wildman–Crippen MR) is 234 cm³/mol. The monoisotopic (exact) mass is 751 g/mol. The van der Waals surface area contributed by atoms with Crippen molar-refractivity contribution in [1.82, 2.24) is 24.9 Å². The van der Waals surface area contributed by atoms with Crippen LogP contribution in [0.5, 0.6) is 0 Å². The molecule has 0 amide bonds. The molecule has 0 unspecified atom stereocenters. The van der Waals surface area contributed by atoms with Crippen LogP contribution in [0, 0.1) is 0 Å². The lowest BCUT2D eigenvalue weighted by molar-refractivity contribution is 1.08. The molecule has 0 aliphatic carbocycles. The van der Waals surface area contributed by atoms with E-state index in [0.29, 0.717) is 23.3 Å². The predicted octanol–water partition coefficient (Wildman–Crippen LogP) is 13.4. The van der Waals surface area contributed by atoms with E-state index in [1.807, 2.05) is 42.5 Å². The molecule has 56 heavy (non-hydrogen) atoms. The van der Waals surface area contributed by atoms with Gasteiger partial charge in [0.15, 0.2) is 23.3 Å². The summed E-state index contributed by atoms with van der Waals surface area (Å²) in [6, 6.07) is 60.8. The minimum atomic E-state index is 0.629. The summed E-state index contributed by atoms with van der Waals surface area (Å²) in [6.07, 6.45) is 0. The lowest BCUT2D eigenvalue weighted by Gasteiger charge is -2.10. The fourth-order valence-corrected chi connectivity index (χ4v) is 9.89. The van der Waals surface area contributed by atoms with E-state index in [-0.39, 0.29) is 0 Å². The van der Waals surface area contributed by atoms with Gasteiger partial charge in [-0.3, -0.25) is 0 Å². The SMILES string of the molecule is c1ccc(-c2ccc(-c3nc(-c4ccccc4)nc(-c4cccc5sc6c(-c7nc(-c8ccccc8)c8sc9ccccc9c8n7)cccc6c45)n3)cc2)cc1. The molecule has 4 heterocycles. The van der Waals surface area contributed by atoms with Gasteiger partial charge in [0.2, 0.25) is 0 Å². The summed E-state index contributed by atoms with van der Waals surface area (Å²) >= 11 is 3.51. The molecule has 0 aliphatic rings. The summed E-state index contributed by atoms with van der Waals surface area (Å²) in [7, 11) is 0. The van der Waals surface area contributed by atoms with E-state index in [0.717, 1.165) is 74.8 Å². The Labute approximate surface area is 330 Å². The smallest absolute Gasteiger partial charge is 0.164 e. The highest BCUT2D eigenvalue weighted by Gasteiger charge is 2.21. The van der Waals surface area contributed by atoms with Crippen molar-refractivity contribution in [2.45, 2.75) is 0 Å². The zero-order valence-electron chi connectivity index (χ0n) is 29.8. The summed E-state index contributed by atoms with van der Waals surface area (Å²) < 4.78 is 4.57. The van der Waals surface area contributed by atoms with Gasteiger partial charge in [-0.05, 0) is 29.3 Å². The molecule has 0 atom stereocenters. The first kappa shape index (κ1) is 32.5. The molecule has 0 spiro atoms. The zero-order valence-corrected chi connectivity index (χ0v) is 31.4. The molecule has 262 valence electrons. The zero-order chi connectivity index (χ0) is 37.0. The van der Waals surface area contributed by atoms with Crippen LogP contribution in [0.1, 0.15) is 0 Å². The summed E-state index contributed by atoms with van der Waals surface area (Å²) in [5.74, 6) is 2.61. The normalized spacial score (nSPS) is 11.6. The summed E-state index contributed by atoms with van der Waals surface area (Å²) in [6.45, 7) is 0. The quantitative estimate of drug-likeness (QED) is 0.169. The minimum Gasteiger partial charge on any atom is -0.226 e. The van der Waals surface area contributed by atoms with Gasteiger partial charge in [0.25, 0.3) is 0 Å². The Bertz CT molecular complexity index is 3230. The van der Waals surface area contributed by atoms with Crippen molar-refractivity contribution in [2.75, 3.05) is 0 Å². The van der Waals surface area contributed by atoms with Gasteiger partial charge in [-0.15, -0.1) is 22.7 Å². The fourth-order valence-electron chi connectivity index (χ4n) is 7.50. The van der Waals surface area contributed by atoms with Gasteiger partial charge in [-0.25, -0.2) is 24.9 Å². The molecule has 11 aromatic rings. The molecule has 0 radical (unpaired) electrons. The first-order valence-electron chi connectivity index (χ1n) is 18.4. The molecule has 5 nitrogen and oxygen atoms in total. The Kier molecular flexibility index (Phi) is 7.79. The van der Waals surface area contributed by atoms with Crippen LogP contribution in [-0.4, -0.2) is 24.9 Å². The number of hydrogen-bond acceptors (Lipinski definition) is 7. The number of hydrogen-bond donors (Lipinski definition) is 0. The molecule has 11 rings (SSSR count). The van der Waals surface area contributed by atoms with E-state index in [1.165, 1.54) is 10.3 Å². The van der Waals surface area contributed by atoms with Crippen molar-refractivity contribution in [3.63, 3.8) is 0 Å². The van der Waals surface area contributed by atoms with Crippen LogP contribution in [0.3, 0.4) is 0 Å². The number of thiophene rings is 2. The lowest BCUT2D eigenvalue weighted by Crippen LogP contribution is -2.00. The van der Waals surface area contributed by atoms with E-state index < -0.39 is 0 Å². The largest absolute Gasteiger partial charge is 0.226 e. The van der Waals surface area contributed by atoms with Crippen LogP contribution in [0.15, 0.2) is 176 Å². The topological polar surface area (TPSA) is 64.5 Å². The highest BCUT2D eigenvalue weighted by atomic mass is 32.1. The Morgan fingerprint density at radius 2 is 0.804 bits per heavy atom.